The summed E-state index contributed by atoms with van der Waals surface area (Å²) in [4.78, 5) is 0. The maximum Gasteiger partial charge on any atom is 0.0634 e. The first-order chi connectivity index (χ1) is 4.97. The van der Waals surface area contributed by atoms with E-state index < -0.39 is 0 Å². The average molecular weight is 142 g/mol. The Morgan fingerprint density at radius 2 is 1.90 bits per heavy atom. The van der Waals surface area contributed by atoms with Crippen molar-refractivity contribution >= 4 is 0 Å². The van der Waals surface area contributed by atoms with Crippen LogP contribution in [-0.2, 0) is 4.74 Å². The number of nitrogens with one attached hydrogen (secondary N) is 2. The van der Waals surface area contributed by atoms with Crippen molar-refractivity contribution < 1.29 is 4.74 Å². The van der Waals surface area contributed by atoms with Gasteiger partial charge < -0.3 is 15.4 Å². The van der Waals surface area contributed by atoms with Gasteiger partial charge >= 0.3 is 0 Å². The van der Waals surface area contributed by atoms with Gasteiger partial charge in [-0.25, -0.2) is 0 Å². The fourth-order valence-corrected chi connectivity index (χ4v) is 1.70. The highest BCUT2D eigenvalue weighted by atomic mass is 16.5. The van der Waals surface area contributed by atoms with Crippen LogP contribution in [0.4, 0.5) is 0 Å². The van der Waals surface area contributed by atoms with Crippen molar-refractivity contribution in [1.82, 2.24) is 10.6 Å². The van der Waals surface area contributed by atoms with Crippen LogP contribution in [0.25, 0.3) is 0 Å². The van der Waals surface area contributed by atoms with E-state index in [4.69, 9.17) is 4.74 Å². The topological polar surface area (TPSA) is 33.3 Å². The van der Waals surface area contributed by atoms with Gasteiger partial charge in [0, 0.05) is 31.8 Å². The molecule has 2 rings (SSSR count). The zero-order valence-corrected chi connectivity index (χ0v) is 6.10. The van der Waals surface area contributed by atoms with Crippen LogP contribution in [0.1, 0.15) is 6.42 Å². The second-order valence-electron chi connectivity index (χ2n) is 2.98. The number of fused-ring (bicyclic) bond motifs is 1. The summed E-state index contributed by atoms with van der Waals surface area (Å²) in [6.45, 7) is 4.01. The number of piperazine rings is 1. The van der Waals surface area contributed by atoms with Gasteiger partial charge in [0.25, 0.3) is 0 Å². The second-order valence-corrected chi connectivity index (χ2v) is 2.98. The van der Waals surface area contributed by atoms with Crippen LogP contribution in [0.3, 0.4) is 0 Å². The molecule has 0 aromatic carbocycles. The molecule has 0 saturated carbocycles. The summed E-state index contributed by atoms with van der Waals surface area (Å²) in [5.74, 6) is 0. The number of rotatable bonds is 0. The summed E-state index contributed by atoms with van der Waals surface area (Å²) in [6, 6.07) is 1.24. The van der Waals surface area contributed by atoms with Crippen molar-refractivity contribution in [2.45, 2.75) is 18.5 Å². The van der Waals surface area contributed by atoms with Crippen LogP contribution in [-0.4, -0.2) is 38.4 Å². The molecule has 0 unspecified atom stereocenters. The third kappa shape index (κ3) is 1.17. The van der Waals surface area contributed by atoms with E-state index >= 15 is 0 Å². The Morgan fingerprint density at radius 3 is 2.70 bits per heavy atom. The van der Waals surface area contributed by atoms with Gasteiger partial charge in [-0.3, -0.25) is 0 Å². The van der Waals surface area contributed by atoms with Crippen LogP contribution in [0.2, 0.25) is 0 Å². The fraction of sp³-hybridized carbons (Fsp3) is 1.00. The number of hydrogen-bond donors (Lipinski definition) is 2. The molecule has 2 aliphatic rings. The molecule has 3 heteroatoms. The molecular weight excluding hydrogens is 128 g/mol. The lowest BCUT2D eigenvalue weighted by atomic mass is 10.0. The highest BCUT2D eigenvalue weighted by Gasteiger charge is 2.26. The minimum absolute atomic E-state index is 0.572. The van der Waals surface area contributed by atoms with Crippen LogP contribution in [0.15, 0.2) is 0 Å². The highest BCUT2D eigenvalue weighted by molar-refractivity contribution is 4.88. The zero-order chi connectivity index (χ0) is 6.81. The van der Waals surface area contributed by atoms with E-state index in [1.54, 1.807) is 0 Å². The molecule has 0 aliphatic carbocycles. The van der Waals surface area contributed by atoms with E-state index in [9.17, 15) is 0 Å². The van der Waals surface area contributed by atoms with Crippen LogP contribution in [0, 0.1) is 0 Å². The predicted octanol–water partition coefficient (Wildman–Crippen LogP) is -0.663. The maximum atomic E-state index is 5.34. The molecule has 10 heavy (non-hydrogen) atoms. The molecule has 0 bridgehead atoms. The van der Waals surface area contributed by atoms with Gasteiger partial charge in [0.05, 0.1) is 6.61 Å². The molecule has 2 fully saturated rings. The third-order valence-corrected chi connectivity index (χ3v) is 2.29. The van der Waals surface area contributed by atoms with Gasteiger partial charge in [-0.1, -0.05) is 0 Å². The second kappa shape index (κ2) is 2.86. The monoisotopic (exact) mass is 142 g/mol. The molecule has 0 aromatic heterocycles. The fourth-order valence-electron chi connectivity index (χ4n) is 1.70. The molecule has 0 aromatic rings. The van der Waals surface area contributed by atoms with E-state index in [2.05, 4.69) is 10.6 Å². The van der Waals surface area contributed by atoms with E-state index in [1.165, 1.54) is 0 Å². The average Bonchev–Trinajstić information content (AvgIpc) is 2.05. The molecule has 2 N–H and O–H groups in total. The van der Waals surface area contributed by atoms with Crippen LogP contribution >= 0.6 is 0 Å². The molecule has 2 heterocycles. The first-order valence-electron chi connectivity index (χ1n) is 4.01. The lowest BCUT2D eigenvalue weighted by Gasteiger charge is -2.36. The lowest BCUT2D eigenvalue weighted by molar-refractivity contribution is 0.0414. The van der Waals surface area contributed by atoms with Crippen molar-refractivity contribution in [2.75, 3.05) is 26.3 Å². The Balaban J connectivity index is 1.93. The van der Waals surface area contributed by atoms with Gasteiger partial charge in [0.1, 0.15) is 0 Å². The van der Waals surface area contributed by atoms with Crippen LogP contribution < -0.4 is 10.6 Å². The van der Waals surface area contributed by atoms with Crippen molar-refractivity contribution in [1.29, 1.82) is 0 Å². The molecular formula is C7H14N2O. The Labute approximate surface area is 61.1 Å². The molecule has 3 nitrogen and oxygen atoms in total. The Morgan fingerprint density at radius 1 is 1.10 bits per heavy atom. The zero-order valence-electron chi connectivity index (χ0n) is 6.10. The minimum Gasteiger partial charge on any atom is -0.380 e. The maximum absolute atomic E-state index is 5.34. The normalized spacial score (nSPS) is 40.8. The van der Waals surface area contributed by atoms with Crippen molar-refractivity contribution in [3.05, 3.63) is 0 Å². The van der Waals surface area contributed by atoms with E-state index in [0.29, 0.717) is 12.1 Å². The summed E-state index contributed by atoms with van der Waals surface area (Å²) in [7, 11) is 0. The predicted molar refractivity (Wildman–Crippen MR) is 39.0 cm³/mol. The molecule has 0 radical (unpaired) electrons. The Hall–Kier alpha value is -0.120. The quantitative estimate of drug-likeness (QED) is 0.471. The summed E-state index contributed by atoms with van der Waals surface area (Å²) >= 11 is 0. The summed E-state index contributed by atoms with van der Waals surface area (Å²) < 4.78 is 5.34. The molecule has 58 valence electrons. The van der Waals surface area contributed by atoms with Gasteiger partial charge in [0.15, 0.2) is 0 Å². The SMILES string of the molecule is C1CN[C@@H]2COCC[C@@H]2N1. The van der Waals surface area contributed by atoms with Crippen molar-refractivity contribution in [3.8, 4) is 0 Å². The molecule has 2 aliphatic heterocycles. The minimum atomic E-state index is 0.572. The number of hydrogen-bond acceptors (Lipinski definition) is 3. The molecule has 0 amide bonds. The van der Waals surface area contributed by atoms with Gasteiger partial charge in [-0.05, 0) is 6.42 Å². The van der Waals surface area contributed by atoms with Gasteiger partial charge in [-0.2, -0.15) is 0 Å². The van der Waals surface area contributed by atoms with Gasteiger partial charge in [0.2, 0.25) is 0 Å². The van der Waals surface area contributed by atoms with E-state index in [0.717, 1.165) is 32.7 Å². The van der Waals surface area contributed by atoms with Crippen molar-refractivity contribution in [2.24, 2.45) is 0 Å². The van der Waals surface area contributed by atoms with Crippen LogP contribution in [0.5, 0.6) is 0 Å². The smallest absolute Gasteiger partial charge is 0.0634 e. The van der Waals surface area contributed by atoms with E-state index in [1.807, 2.05) is 0 Å². The lowest BCUT2D eigenvalue weighted by Crippen LogP contribution is -2.59. The Kier molecular flexibility index (Phi) is 1.88. The summed E-state index contributed by atoms with van der Waals surface area (Å²) in [5.41, 5.74) is 0. The molecule has 2 saturated heterocycles. The summed E-state index contributed by atoms with van der Waals surface area (Å²) in [6.07, 6.45) is 1.16. The standard InChI is InChI=1S/C7H14N2O/c1-4-10-5-7-6(1)8-2-3-9-7/h6-9H,1-5H2/t6-,7+/m0/s1. The summed E-state index contributed by atoms with van der Waals surface area (Å²) in [5, 5.41) is 6.91. The van der Waals surface area contributed by atoms with E-state index in [-0.39, 0.29) is 0 Å². The Bertz CT molecular complexity index is 92.2. The van der Waals surface area contributed by atoms with Crippen molar-refractivity contribution in [3.63, 3.8) is 0 Å². The number of ether oxygens (including phenoxy) is 1. The first-order valence-corrected chi connectivity index (χ1v) is 4.01. The molecule has 0 spiro atoms. The first kappa shape index (κ1) is 6.58. The molecule has 2 atom stereocenters. The third-order valence-electron chi connectivity index (χ3n) is 2.29. The van der Waals surface area contributed by atoms with Gasteiger partial charge in [-0.15, -0.1) is 0 Å². The highest BCUT2D eigenvalue weighted by Crippen LogP contribution is 2.09. The largest absolute Gasteiger partial charge is 0.380 e.